The number of non-ortho nitro benzene ring substituents is 1. The van der Waals surface area contributed by atoms with E-state index in [1.165, 1.54) is 0 Å². The van der Waals surface area contributed by atoms with Crippen LogP contribution < -0.4 is 0 Å². The first-order chi connectivity index (χ1) is 7.33. The van der Waals surface area contributed by atoms with E-state index in [-0.39, 0.29) is 10.6 Å². The zero-order valence-corrected chi connectivity index (χ0v) is 9.60. The summed E-state index contributed by atoms with van der Waals surface area (Å²) in [5.41, 5.74) is -0.163. The molecule has 0 aromatic heterocycles. The standard InChI is InChI=1S/C9H11NO5S/c1-7(2)15-16(13,14)9-5-3-8(4-6-9)10(11)12/h3-7H,1-2H3. The Morgan fingerprint density at radius 3 is 2.12 bits per heavy atom. The van der Waals surface area contributed by atoms with E-state index < -0.39 is 21.1 Å². The van der Waals surface area contributed by atoms with E-state index in [0.717, 1.165) is 24.3 Å². The highest BCUT2D eigenvalue weighted by Gasteiger charge is 2.18. The number of nitrogens with zero attached hydrogens (tertiary/aromatic N) is 1. The van der Waals surface area contributed by atoms with Gasteiger partial charge in [-0.05, 0) is 26.0 Å². The van der Waals surface area contributed by atoms with Crippen molar-refractivity contribution in [3.8, 4) is 0 Å². The maximum Gasteiger partial charge on any atom is 0.297 e. The van der Waals surface area contributed by atoms with Crippen molar-refractivity contribution < 1.29 is 17.5 Å². The van der Waals surface area contributed by atoms with Crippen molar-refractivity contribution in [3.05, 3.63) is 34.4 Å². The fourth-order valence-electron chi connectivity index (χ4n) is 1.04. The van der Waals surface area contributed by atoms with Gasteiger partial charge in [0.25, 0.3) is 15.8 Å². The largest absolute Gasteiger partial charge is 0.297 e. The maximum atomic E-state index is 11.5. The monoisotopic (exact) mass is 245 g/mol. The first-order valence-corrected chi connectivity index (χ1v) is 5.91. The third-order valence-corrected chi connectivity index (χ3v) is 3.14. The van der Waals surface area contributed by atoms with Gasteiger partial charge in [-0.3, -0.25) is 14.3 Å². The van der Waals surface area contributed by atoms with Gasteiger partial charge in [0.1, 0.15) is 0 Å². The molecule has 0 aliphatic carbocycles. The minimum Gasteiger partial charge on any atom is -0.264 e. The highest BCUT2D eigenvalue weighted by Crippen LogP contribution is 2.18. The average Bonchev–Trinajstić information content (AvgIpc) is 2.16. The number of benzene rings is 1. The Bertz CT molecular complexity index is 477. The van der Waals surface area contributed by atoms with Gasteiger partial charge in [-0.15, -0.1) is 0 Å². The van der Waals surface area contributed by atoms with E-state index in [1.54, 1.807) is 13.8 Å². The van der Waals surface area contributed by atoms with Crippen molar-refractivity contribution in [2.75, 3.05) is 0 Å². The second-order valence-electron chi connectivity index (χ2n) is 3.35. The minimum absolute atomic E-state index is 0.0909. The summed E-state index contributed by atoms with van der Waals surface area (Å²) in [5, 5.41) is 10.4. The average molecular weight is 245 g/mol. The van der Waals surface area contributed by atoms with E-state index in [1.807, 2.05) is 0 Å². The molecule has 0 N–H and O–H groups in total. The van der Waals surface area contributed by atoms with Crippen LogP contribution in [0.1, 0.15) is 13.8 Å². The molecule has 0 fully saturated rings. The quantitative estimate of drug-likeness (QED) is 0.458. The van der Waals surface area contributed by atoms with Crippen molar-refractivity contribution in [3.63, 3.8) is 0 Å². The highest BCUT2D eigenvalue weighted by molar-refractivity contribution is 7.86. The van der Waals surface area contributed by atoms with E-state index in [9.17, 15) is 18.5 Å². The van der Waals surface area contributed by atoms with Crippen molar-refractivity contribution in [2.24, 2.45) is 0 Å². The lowest BCUT2D eigenvalue weighted by atomic mass is 10.3. The Kier molecular flexibility index (Phi) is 3.61. The van der Waals surface area contributed by atoms with Crippen LogP contribution in [0.15, 0.2) is 29.2 Å². The molecule has 0 saturated heterocycles. The highest BCUT2D eigenvalue weighted by atomic mass is 32.2. The van der Waals surface area contributed by atoms with Crippen molar-refractivity contribution in [1.82, 2.24) is 0 Å². The van der Waals surface area contributed by atoms with Crippen LogP contribution in [0, 0.1) is 10.1 Å². The molecule has 0 spiro atoms. The minimum atomic E-state index is -3.82. The molecule has 0 radical (unpaired) electrons. The van der Waals surface area contributed by atoms with Crippen molar-refractivity contribution in [1.29, 1.82) is 0 Å². The molecule has 0 unspecified atom stereocenters. The SMILES string of the molecule is CC(C)OS(=O)(=O)c1ccc([N+](=O)[O-])cc1. The van der Waals surface area contributed by atoms with Gasteiger partial charge in [0.2, 0.25) is 0 Å². The number of hydrogen-bond acceptors (Lipinski definition) is 5. The Labute approximate surface area is 93.1 Å². The summed E-state index contributed by atoms with van der Waals surface area (Å²) in [6.45, 7) is 3.17. The van der Waals surface area contributed by atoms with Crippen molar-refractivity contribution >= 4 is 15.8 Å². The zero-order chi connectivity index (χ0) is 12.3. The Hall–Kier alpha value is -1.47. The van der Waals surface area contributed by atoms with Gasteiger partial charge in [-0.25, -0.2) is 0 Å². The van der Waals surface area contributed by atoms with Gasteiger partial charge in [-0.2, -0.15) is 8.42 Å². The lowest BCUT2D eigenvalue weighted by Gasteiger charge is -2.07. The molecule has 1 aromatic rings. The van der Waals surface area contributed by atoms with Gasteiger partial charge >= 0.3 is 0 Å². The lowest BCUT2D eigenvalue weighted by Crippen LogP contribution is -2.12. The molecule has 1 rings (SSSR count). The van der Waals surface area contributed by atoms with Gasteiger partial charge < -0.3 is 0 Å². The second-order valence-corrected chi connectivity index (χ2v) is 4.92. The molecule has 0 aliphatic rings. The summed E-state index contributed by atoms with van der Waals surface area (Å²) in [7, 11) is -3.82. The summed E-state index contributed by atoms with van der Waals surface area (Å²) in [6, 6.07) is 4.54. The molecule has 1 aromatic carbocycles. The fourth-order valence-corrected chi connectivity index (χ4v) is 2.13. The zero-order valence-electron chi connectivity index (χ0n) is 8.78. The molecular formula is C9H11NO5S. The summed E-state index contributed by atoms with van der Waals surface area (Å²) in [6.07, 6.45) is -0.472. The molecule has 88 valence electrons. The van der Waals surface area contributed by atoms with Crippen LogP contribution in [-0.2, 0) is 14.3 Å². The van der Waals surface area contributed by atoms with Crippen LogP contribution in [0.4, 0.5) is 5.69 Å². The predicted octanol–water partition coefficient (Wildman–Crippen LogP) is 1.71. The summed E-state index contributed by atoms with van der Waals surface area (Å²) >= 11 is 0. The molecular weight excluding hydrogens is 234 g/mol. The first-order valence-electron chi connectivity index (χ1n) is 4.50. The third-order valence-electron chi connectivity index (χ3n) is 1.66. The number of nitro groups is 1. The smallest absolute Gasteiger partial charge is 0.264 e. The Morgan fingerprint density at radius 2 is 1.75 bits per heavy atom. The fraction of sp³-hybridized carbons (Fsp3) is 0.333. The Morgan fingerprint density at radius 1 is 1.25 bits per heavy atom. The lowest BCUT2D eigenvalue weighted by molar-refractivity contribution is -0.384. The molecule has 0 saturated carbocycles. The molecule has 7 heteroatoms. The molecule has 6 nitrogen and oxygen atoms in total. The summed E-state index contributed by atoms with van der Waals surface area (Å²) in [5.74, 6) is 0. The van der Waals surface area contributed by atoms with Crippen LogP contribution in [0.5, 0.6) is 0 Å². The van der Waals surface area contributed by atoms with Crippen LogP contribution in [-0.4, -0.2) is 19.4 Å². The van der Waals surface area contributed by atoms with Crippen LogP contribution in [0.2, 0.25) is 0 Å². The van der Waals surface area contributed by atoms with Crippen LogP contribution in [0.25, 0.3) is 0 Å². The second kappa shape index (κ2) is 4.58. The molecule has 0 aliphatic heterocycles. The Balaban J connectivity index is 3.02. The topological polar surface area (TPSA) is 86.5 Å². The molecule has 16 heavy (non-hydrogen) atoms. The maximum absolute atomic E-state index is 11.5. The molecule has 0 amide bonds. The third kappa shape index (κ3) is 3.01. The van der Waals surface area contributed by atoms with Crippen LogP contribution in [0.3, 0.4) is 0 Å². The van der Waals surface area contributed by atoms with Gasteiger partial charge in [0, 0.05) is 12.1 Å². The predicted molar refractivity (Wildman–Crippen MR) is 56.5 cm³/mol. The summed E-state index contributed by atoms with van der Waals surface area (Å²) < 4.78 is 27.8. The first kappa shape index (κ1) is 12.6. The van der Waals surface area contributed by atoms with E-state index in [0.29, 0.717) is 0 Å². The van der Waals surface area contributed by atoms with Gasteiger partial charge in [0.15, 0.2) is 0 Å². The van der Waals surface area contributed by atoms with E-state index >= 15 is 0 Å². The molecule has 0 atom stereocenters. The van der Waals surface area contributed by atoms with Crippen LogP contribution >= 0.6 is 0 Å². The number of nitro benzene ring substituents is 1. The number of rotatable bonds is 4. The van der Waals surface area contributed by atoms with E-state index in [4.69, 9.17) is 4.18 Å². The normalized spacial score (nSPS) is 11.7. The van der Waals surface area contributed by atoms with Gasteiger partial charge in [-0.1, -0.05) is 0 Å². The number of hydrogen-bond donors (Lipinski definition) is 0. The van der Waals surface area contributed by atoms with Gasteiger partial charge in [0.05, 0.1) is 15.9 Å². The van der Waals surface area contributed by atoms with Crippen molar-refractivity contribution in [2.45, 2.75) is 24.8 Å². The molecule has 0 bridgehead atoms. The summed E-state index contributed by atoms with van der Waals surface area (Å²) in [4.78, 5) is 9.68. The molecule has 0 heterocycles. The van der Waals surface area contributed by atoms with E-state index in [2.05, 4.69) is 0 Å².